The summed E-state index contributed by atoms with van der Waals surface area (Å²) in [5, 5.41) is 7.60. The molecule has 128 valence electrons. The Morgan fingerprint density at radius 3 is 2.75 bits per heavy atom. The highest BCUT2D eigenvalue weighted by Crippen LogP contribution is 2.28. The zero-order valence-corrected chi connectivity index (χ0v) is 14.5. The fraction of sp³-hybridized carbons (Fsp3) is 0.474. The molecule has 1 aliphatic rings. The number of carbonyl (C=O) groups is 1. The van der Waals surface area contributed by atoms with Gasteiger partial charge in [-0.05, 0) is 55.8 Å². The molecule has 1 aliphatic carbocycles. The molecule has 24 heavy (non-hydrogen) atoms. The van der Waals surface area contributed by atoms with Gasteiger partial charge in [-0.1, -0.05) is 26.0 Å². The minimum atomic E-state index is -0.0858. The van der Waals surface area contributed by atoms with E-state index in [1.54, 1.807) is 0 Å². The second kappa shape index (κ2) is 7.18. The topological polar surface area (TPSA) is 72.9 Å². The summed E-state index contributed by atoms with van der Waals surface area (Å²) < 4.78 is 1.95. The number of aryl methyl sites for hydroxylation is 1. The van der Waals surface area contributed by atoms with Gasteiger partial charge in [0.05, 0.1) is 5.69 Å². The summed E-state index contributed by atoms with van der Waals surface area (Å²) in [5.74, 6) is 0.183. The first-order chi connectivity index (χ1) is 11.6. The number of rotatable bonds is 6. The predicted molar refractivity (Wildman–Crippen MR) is 95.5 cm³/mol. The maximum absolute atomic E-state index is 12.5. The minimum absolute atomic E-state index is 0.0858. The molecule has 1 unspecified atom stereocenters. The number of hydrogen-bond acceptors (Lipinski definition) is 3. The van der Waals surface area contributed by atoms with Crippen LogP contribution in [-0.2, 0) is 19.3 Å². The number of benzene rings is 1. The fourth-order valence-electron chi connectivity index (χ4n) is 3.14. The van der Waals surface area contributed by atoms with Crippen molar-refractivity contribution in [2.24, 2.45) is 11.7 Å². The normalized spacial score (nSPS) is 14.5. The van der Waals surface area contributed by atoms with E-state index in [-0.39, 0.29) is 11.8 Å². The van der Waals surface area contributed by atoms with E-state index in [9.17, 15) is 4.79 Å². The largest absolute Gasteiger partial charge is 0.350 e. The summed E-state index contributed by atoms with van der Waals surface area (Å²) in [6, 6.07) is 8.42. The standard InChI is InChI=1S/C19H26N4O/c1-3-14-7-9-15(10-8-14)23-17-6-4-5-16(17)18(22-23)19(24)21-12-13(2)11-20/h7-10,13H,3-6,11-12,20H2,1-2H3,(H,21,24). The van der Waals surface area contributed by atoms with Crippen LogP contribution in [0.1, 0.15) is 47.6 Å². The first kappa shape index (κ1) is 16.7. The second-order valence-corrected chi connectivity index (χ2v) is 6.61. The van der Waals surface area contributed by atoms with Gasteiger partial charge in [0.25, 0.3) is 5.91 Å². The zero-order chi connectivity index (χ0) is 17.1. The van der Waals surface area contributed by atoms with Crippen LogP contribution in [0.25, 0.3) is 5.69 Å². The molecule has 1 heterocycles. The second-order valence-electron chi connectivity index (χ2n) is 6.61. The summed E-state index contributed by atoms with van der Waals surface area (Å²) in [6.45, 7) is 5.32. The van der Waals surface area contributed by atoms with Gasteiger partial charge in [0.2, 0.25) is 0 Å². The van der Waals surface area contributed by atoms with Crippen LogP contribution in [0.3, 0.4) is 0 Å². The van der Waals surface area contributed by atoms with Crippen LogP contribution < -0.4 is 11.1 Å². The number of hydrogen-bond donors (Lipinski definition) is 2. The Balaban J connectivity index is 1.88. The quantitative estimate of drug-likeness (QED) is 0.855. The lowest BCUT2D eigenvalue weighted by molar-refractivity contribution is 0.0942. The average molecular weight is 326 g/mol. The number of nitrogens with one attached hydrogen (secondary N) is 1. The van der Waals surface area contributed by atoms with Gasteiger partial charge < -0.3 is 11.1 Å². The molecule has 3 rings (SSSR count). The van der Waals surface area contributed by atoms with Gasteiger partial charge in [0.15, 0.2) is 5.69 Å². The molecule has 1 atom stereocenters. The molecule has 0 fully saturated rings. The van der Waals surface area contributed by atoms with E-state index in [1.165, 1.54) is 11.3 Å². The highest BCUT2D eigenvalue weighted by molar-refractivity contribution is 5.94. The monoisotopic (exact) mass is 326 g/mol. The molecule has 5 heteroatoms. The first-order valence-corrected chi connectivity index (χ1v) is 8.82. The van der Waals surface area contributed by atoms with E-state index >= 15 is 0 Å². The van der Waals surface area contributed by atoms with E-state index in [1.807, 2.05) is 11.6 Å². The van der Waals surface area contributed by atoms with Gasteiger partial charge in [0.1, 0.15) is 0 Å². The van der Waals surface area contributed by atoms with Gasteiger partial charge in [-0.3, -0.25) is 4.79 Å². The number of nitrogens with zero attached hydrogens (tertiary/aromatic N) is 2. The van der Waals surface area contributed by atoms with Crippen LogP contribution in [0.15, 0.2) is 24.3 Å². The van der Waals surface area contributed by atoms with E-state index < -0.39 is 0 Å². The third-order valence-corrected chi connectivity index (χ3v) is 4.75. The summed E-state index contributed by atoms with van der Waals surface area (Å²) in [6.07, 6.45) is 4.01. The molecular formula is C19H26N4O. The van der Waals surface area contributed by atoms with Crippen molar-refractivity contribution in [2.75, 3.05) is 13.1 Å². The van der Waals surface area contributed by atoms with E-state index in [4.69, 9.17) is 5.73 Å². The van der Waals surface area contributed by atoms with Crippen LogP contribution >= 0.6 is 0 Å². The number of carbonyl (C=O) groups excluding carboxylic acids is 1. The molecular weight excluding hydrogens is 300 g/mol. The SMILES string of the molecule is CCc1ccc(-n2nc(C(=O)NCC(C)CN)c3c2CCC3)cc1. The van der Waals surface area contributed by atoms with Crippen LogP contribution in [-0.4, -0.2) is 28.8 Å². The summed E-state index contributed by atoms with van der Waals surface area (Å²) in [5.41, 5.74) is 10.8. The average Bonchev–Trinajstić information content (AvgIpc) is 3.22. The van der Waals surface area contributed by atoms with Crippen molar-refractivity contribution in [1.29, 1.82) is 0 Å². The molecule has 0 radical (unpaired) electrons. The van der Waals surface area contributed by atoms with Crippen LogP contribution in [0, 0.1) is 5.92 Å². The molecule has 1 amide bonds. The molecule has 0 bridgehead atoms. The van der Waals surface area contributed by atoms with Gasteiger partial charge in [-0.2, -0.15) is 5.10 Å². The maximum atomic E-state index is 12.5. The van der Waals surface area contributed by atoms with Gasteiger partial charge >= 0.3 is 0 Å². The Morgan fingerprint density at radius 1 is 1.33 bits per heavy atom. The third kappa shape index (κ3) is 3.22. The van der Waals surface area contributed by atoms with Crippen molar-refractivity contribution < 1.29 is 4.79 Å². The molecule has 0 spiro atoms. The zero-order valence-electron chi connectivity index (χ0n) is 14.5. The van der Waals surface area contributed by atoms with E-state index in [0.29, 0.717) is 18.8 Å². The molecule has 0 saturated heterocycles. The molecule has 1 aromatic carbocycles. The molecule has 0 saturated carbocycles. The lowest BCUT2D eigenvalue weighted by Gasteiger charge is -2.09. The van der Waals surface area contributed by atoms with Gasteiger partial charge in [-0.25, -0.2) is 4.68 Å². The first-order valence-electron chi connectivity index (χ1n) is 8.82. The highest BCUT2D eigenvalue weighted by atomic mass is 16.1. The Labute approximate surface area is 143 Å². The molecule has 5 nitrogen and oxygen atoms in total. The predicted octanol–water partition coefficient (Wildman–Crippen LogP) is 2.25. The smallest absolute Gasteiger partial charge is 0.272 e. The molecule has 2 aromatic rings. The lowest BCUT2D eigenvalue weighted by atomic mass is 10.1. The van der Waals surface area contributed by atoms with Crippen LogP contribution in [0.5, 0.6) is 0 Å². The van der Waals surface area contributed by atoms with Gasteiger partial charge in [0, 0.05) is 17.8 Å². The Hall–Kier alpha value is -2.14. The van der Waals surface area contributed by atoms with Gasteiger partial charge in [-0.15, -0.1) is 0 Å². The van der Waals surface area contributed by atoms with Crippen LogP contribution in [0.2, 0.25) is 0 Å². The molecule has 3 N–H and O–H groups in total. The van der Waals surface area contributed by atoms with Crippen molar-refractivity contribution in [3.63, 3.8) is 0 Å². The fourth-order valence-corrected chi connectivity index (χ4v) is 3.14. The summed E-state index contributed by atoms with van der Waals surface area (Å²) in [4.78, 5) is 12.5. The minimum Gasteiger partial charge on any atom is -0.350 e. The summed E-state index contributed by atoms with van der Waals surface area (Å²) in [7, 11) is 0. The Bertz CT molecular complexity index is 718. The number of fused-ring (bicyclic) bond motifs is 1. The van der Waals surface area contributed by atoms with Crippen molar-refractivity contribution in [3.05, 3.63) is 46.8 Å². The van der Waals surface area contributed by atoms with E-state index in [2.05, 4.69) is 41.6 Å². The molecule has 1 aromatic heterocycles. The third-order valence-electron chi connectivity index (χ3n) is 4.75. The van der Waals surface area contributed by atoms with E-state index in [0.717, 1.165) is 36.9 Å². The Kier molecular flexibility index (Phi) is 5.00. The number of amides is 1. The number of aromatic nitrogens is 2. The van der Waals surface area contributed by atoms with Crippen molar-refractivity contribution in [3.8, 4) is 5.69 Å². The van der Waals surface area contributed by atoms with Crippen molar-refractivity contribution in [2.45, 2.75) is 39.5 Å². The van der Waals surface area contributed by atoms with Crippen LogP contribution in [0.4, 0.5) is 0 Å². The number of nitrogens with two attached hydrogens (primary N) is 1. The van der Waals surface area contributed by atoms with Crippen molar-refractivity contribution >= 4 is 5.91 Å². The maximum Gasteiger partial charge on any atom is 0.272 e. The lowest BCUT2D eigenvalue weighted by Crippen LogP contribution is -2.32. The summed E-state index contributed by atoms with van der Waals surface area (Å²) >= 11 is 0. The Morgan fingerprint density at radius 2 is 2.08 bits per heavy atom. The van der Waals surface area contributed by atoms with Crippen molar-refractivity contribution in [1.82, 2.24) is 15.1 Å². The highest BCUT2D eigenvalue weighted by Gasteiger charge is 2.26. The molecule has 0 aliphatic heterocycles.